The van der Waals surface area contributed by atoms with Crippen LogP contribution in [0, 0.1) is 19.7 Å². The van der Waals surface area contributed by atoms with Gasteiger partial charge >= 0.3 is 5.97 Å². The highest BCUT2D eigenvalue weighted by atomic mass is 35.5. The Bertz CT molecular complexity index is 2200. The molecule has 0 saturated carbocycles. The van der Waals surface area contributed by atoms with Crippen molar-refractivity contribution in [2.24, 2.45) is 14.1 Å². The third-order valence-electron chi connectivity index (χ3n) is 9.02. The Morgan fingerprint density at radius 1 is 1.04 bits per heavy atom. The quantitative estimate of drug-likeness (QED) is 0.0786. The van der Waals surface area contributed by atoms with Gasteiger partial charge in [0.05, 0.1) is 31.7 Å². The Balaban J connectivity index is 1.30. The molecule has 0 fully saturated rings. The molecular weight excluding hydrogens is 665 g/mol. The maximum Gasteiger partial charge on any atom is 0.354 e. The summed E-state index contributed by atoms with van der Waals surface area (Å²) in [5, 5.41) is 22.1. The van der Waals surface area contributed by atoms with E-state index in [9.17, 15) is 14.3 Å². The first-order chi connectivity index (χ1) is 23.6. The van der Waals surface area contributed by atoms with Gasteiger partial charge in [0.25, 0.3) is 0 Å². The maximum atomic E-state index is 14.3. The van der Waals surface area contributed by atoms with E-state index in [1.165, 1.54) is 19.2 Å². The number of carbonyl (C=O) groups is 1. The van der Waals surface area contributed by atoms with E-state index in [4.69, 9.17) is 21.1 Å². The molecule has 3 heterocycles. The number of benzene rings is 3. The first-order valence-corrected chi connectivity index (χ1v) is 17.5. The topological polar surface area (TPSA) is 96.3 Å². The van der Waals surface area contributed by atoms with Gasteiger partial charge < -0.3 is 19.1 Å². The molecule has 49 heavy (non-hydrogen) atoms. The monoisotopic (exact) mass is 703 g/mol. The van der Waals surface area contributed by atoms with Crippen LogP contribution in [-0.2, 0) is 44.2 Å². The number of carbonyl (C=O) groups excluding carboxylic acids is 1. The van der Waals surface area contributed by atoms with Gasteiger partial charge in [-0.05, 0) is 86.2 Å². The fourth-order valence-electron chi connectivity index (χ4n) is 6.48. The van der Waals surface area contributed by atoms with Crippen LogP contribution in [0.2, 0.25) is 5.02 Å². The van der Waals surface area contributed by atoms with E-state index in [1.54, 1.807) is 22.5 Å². The number of fused-ring (bicyclic) bond motifs is 2. The normalized spacial score (nSPS) is 11.6. The maximum absolute atomic E-state index is 14.3. The predicted molar refractivity (Wildman–Crippen MR) is 192 cm³/mol. The van der Waals surface area contributed by atoms with Crippen LogP contribution in [-0.4, -0.2) is 48.9 Å². The highest BCUT2D eigenvalue weighted by Crippen LogP contribution is 2.42. The molecule has 0 bridgehead atoms. The zero-order valence-corrected chi connectivity index (χ0v) is 30.0. The van der Waals surface area contributed by atoms with E-state index in [0.29, 0.717) is 47.5 Å². The summed E-state index contributed by atoms with van der Waals surface area (Å²) >= 11 is 8.49. The van der Waals surface area contributed by atoms with Gasteiger partial charge in [-0.1, -0.05) is 18.5 Å². The lowest BCUT2D eigenvalue weighted by Gasteiger charge is -2.14. The van der Waals surface area contributed by atoms with E-state index in [-0.39, 0.29) is 12.4 Å². The van der Waals surface area contributed by atoms with Crippen LogP contribution in [0.5, 0.6) is 5.75 Å². The van der Waals surface area contributed by atoms with Crippen molar-refractivity contribution in [2.45, 2.75) is 57.4 Å². The molecule has 0 aliphatic rings. The molecule has 6 aromatic rings. The van der Waals surface area contributed by atoms with Crippen molar-refractivity contribution in [3.63, 3.8) is 0 Å². The lowest BCUT2D eigenvalue weighted by molar-refractivity contribution is 0.0587. The molecule has 6 rings (SSSR count). The smallest absolute Gasteiger partial charge is 0.354 e. The van der Waals surface area contributed by atoms with Crippen LogP contribution in [0.1, 0.15) is 52.2 Å². The zero-order chi connectivity index (χ0) is 35.0. The summed E-state index contributed by atoms with van der Waals surface area (Å²) in [5.41, 5.74) is 6.93. The average Bonchev–Trinajstić information content (AvgIpc) is 3.70. The molecule has 0 amide bonds. The summed E-state index contributed by atoms with van der Waals surface area (Å²) in [7, 11) is 5.13. The minimum absolute atomic E-state index is 0.255. The molecule has 256 valence electrons. The first kappa shape index (κ1) is 34.5. The Labute approximate surface area is 293 Å². The number of rotatable bonds is 12. The summed E-state index contributed by atoms with van der Waals surface area (Å²) < 4.78 is 31.5. The second-order valence-electron chi connectivity index (χ2n) is 12.0. The molecule has 9 nitrogen and oxygen atoms in total. The number of ether oxygens (including phenoxy) is 2. The number of aliphatic hydroxyl groups excluding tert-OH is 1. The number of methoxy groups -OCH3 is 1. The van der Waals surface area contributed by atoms with Gasteiger partial charge in [0.15, 0.2) is 0 Å². The fraction of sp³-hybridized carbons (Fsp3) is 0.324. The van der Waals surface area contributed by atoms with Crippen molar-refractivity contribution in [1.29, 1.82) is 0 Å². The number of halogens is 2. The van der Waals surface area contributed by atoms with Gasteiger partial charge in [-0.15, -0.1) is 11.8 Å². The van der Waals surface area contributed by atoms with E-state index in [2.05, 4.69) is 23.2 Å². The Morgan fingerprint density at radius 3 is 2.55 bits per heavy atom. The van der Waals surface area contributed by atoms with Crippen molar-refractivity contribution in [3.05, 3.63) is 93.4 Å². The molecule has 0 aliphatic heterocycles. The number of aromatic nitrogens is 5. The Morgan fingerprint density at radius 2 is 1.84 bits per heavy atom. The molecular formula is C37H39ClFN5O4S. The average molecular weight is 704 g/mol. The molecule has 1 N–H and O–H groups in total. The summed E-state index contributed by atoms with van der Waals surface area (Å²) in [5.74, 6) is 0.611. The van der Waals surface area contributed by atoms with Crippen LogP contribution in [0.3, 0.4) is 0 Å². The number of aliphatic hydroxyl groups is 1. The number of hydrogen-bond donors (Lipinski definition) is 1. The molecule has 0 saturated heterocycles. The van der Waals surface area contributed by atoms with Gasteiger partial charge in [-0.25, -0.2) is 9.18 Å². The fourth-order valence-corrected chi connectivity index (χ4v) is 7.72. The molecule has 12 heteroatoms. The SMILES string of the molecule is CCc1cc(CSc2cc(OCCCn3c(C(=O)OC)c(C)c4c(-c5c(CO)nn(C)c5C)c(Cl)ccc43)c3ccc(F)cc3c2)n(C)n1. The number of hydrogen-bond acceptors (Lipinski definition) is 7. The second kappa shape index (κ2) is 14.3. The highest BCUT2D eigenvalue weighted by molar-refractivity contribution is 7.98. The van der Waals surface area contributed by atoms with E-state index < -0.39 is 5.97 Å². The van der Waals surface area contributed by atoms with Gasteiger partial charge in [-0.2, -0.15) is 10.2 Å². The van der Waals surface area contributed by atoms with Crippen LogP contribution in [0.25, 0.3) is 32.8 Å². The van der Waals surface area contributed by atoms with Crippen molar-refractivity contribution < 1.29 is 23.8 Å². The third-order valence-corrected chi connectivity index (χ3v) is 10.3. The van der Waals surface area contributed by atoms with Crippen LogP contribution in [0.4, 0.5) is 4.39 Å². The van der Waals surface area contributed by atoms with E-state index in [0.717, 1.165) is 66.8 Å². The molecule has 0 spiro atoms. The summed E-state index contributed by atoms with van der Waals surface area (Å²) in [6.07, 6.45) is 1.43. The van der Waals surface area contributed by atoms with Gasteiger partial charge in [0, 0.05) is 75.1 Å². The first-order valence-electron chi connectivity index (χ1n) is 16.1. The molecule has 0 atom stereocenters. The molecule has 3 aromatic heterocycles. The standard InChI is InChI=1S/C37H39ClFN5O4S/c1-7-25-17-26(43(5)40-25)20-49-27-16-23-15-24(39)9-10-28(23)32(18-27)48-14-8-13-44-31-12-11-29(38)35(33(31)21(2)36(44)37(46)47-6)34-22(3)42(4)41-30(34)19-45/h9-12,15-18,45H,7-8,13-14,19-20H2,1-6H3. The van der Waals surface area contributed by atoms with Crippen LogP contribution in [0.15, 0.2) is 53.4 Å². The van der Waals surface area contributed by atoms with Gasteiger partial charge in [-0.3, -0.25) is 9.36 Å². The van der Waals surface area contributed by atoms with Crippen LogP contribution < -0.4 is 4.74 Å². The van der Waals surface area contributed by atoms with Crippen molar-refractivity contribution in [2.75, 3.05) is 13.7 Å². The molecule has 0 aliphatic carbocycles. The van der Waals surface area contributed by atoms with E-state index in [1.807, 2.05) is 61.5 Å². The second-order valence-corrected chi connectivity index (χ2v) is 13.5. The minimum Gasteiger partial charge on any atom is -0.493 e. The Kier molecular flexibility index (Phi) is 10.1. The zero-order valence-electron chi connectivity index (χ0n) is 28.4. The molecule has 3 aromatic carbocycles. The number of aryl methyl sites for hydroxylation is 5. The summed E-state index contributed by atoms with van der Waals surface area (Å²) in [6.45, 7) is 6.44. The number of thioether (sulfide) groups is 1. The van der Waals surface area contributed by atoms with E-state index >= 15 is 0 Å². The summed E-state index contributed by atoms with van der Waals surface area (Å²) in [6, 6.07) is 14.5. The van der Waals surface area contributed by atoms with Gasteiger partial charge in [0.2, 0.25) is 0 Å². The summed E-state index contributed by atoms with van der Waals surface area (Å²) in [4.78, 5) is 14.2. The van der Waals surface area contributed by atoms with Crippen molar-refractivity contribution in [3.8, 4) is 16.9 Å². The number of esters is 1. The Hall–Kier alpha value is -4.32. The third kappa shape index (κ3) is 6.54. The highest BCUT2D eigenvalue weighted by Gasteiger charge is 2.27. The largest absolute Gasteiger partial charge is 0.493 e. The predicted octanol–water partition coefficient (Wildman–Crippen LogP) is 7.94. The van der Waals surface area contributed by atoms with Crippen molar-refractivity contribution >= 4 is 51.0 Å². The lowest BCUT2D eigenvalue weighted by Crippen LogP contribution is -2.13. The number of nitrogens with zero attached hydrogens (tertiary/aromatic N) is 5. The molecule has 0 radical (unpaired) electrons. The van der Waals surface area contributed by atoms with Gasteiger partial charge in [0.1, 0.15) is 17.3 Å². The minimum atomic E-state index is -0.459. The molecule has 0 unspecified atom stereocenters. The lowest BCUT2D eigenvalue weighted by atomic mass is 9.97. The van der Waals surface area contributed by atoms with Crippen LogP contribution >= 0.6 is 23.4 Å². The van der Waals surface area contributed by atoms with Crippen molar-refractivity contribution in [1.82, 2.24) is 24.1 Å².